The molecule has 0 saturated carbocycles. The van der Waals surface area contributed by atoms with E-state index < -0.39 is 11.2 Å². The fourth-order valence-electron chi connectivity index (χ4n) is 3.41. The van der Waals surface area contributed by atoms with Crippen molar-refractivity contribution in [2.24, 2.45) is 0 Å². The van der Waals surface area contributed by atoms with Crippen LogP contribution in [0, 0.1) is 6.92 Å². The largest absolute Gasteiger partial charge is 0.350 e. The molecule has 0 aliphatic rings. The number of pyridine rings is 1. The summed E-state index contributed by atoms with van der Waals surface area (Å²) in [5.74, 6) is -0.322. The van der Waals surface area contributed by atoms with E-state index >= 15 is 0 Å². The Morgan fingerprint density at radius 3 is 2.39 bits per heavy atom. The molecule has 0 unspecified atom stereocenters. The molecule has 0 fully saturated rings. The molecule has 0 radical (unpaired) electrons. The highest BCUT2D eigenvalue weighted by molar-refractivity contribution is 5.79. The van der Waals surface area contributed by atoms with E-state index in [1.807, 2.05) is 61.5 Å². The van der Waals surface area contributed by atoms with Crippen LogP contribution in [-0.2, 0) is 24.4 Å². The summed E-state index contributed by atoms with van der Waals surface area (Å²) in [6, 6.07) is 20.4. The fourth-order valence-corrected chi connectivity index (χ4v) is 3.41. The molecular weight excluding hydrogens is 392 g/mol. The number of fused-ring (bicyclic) bond motifs is 1. The average Bonchev–Trinajstić information content (AvgIpc) is 2.80. The third-order valence-electron chi connectivity index (χ3n) is 5.08. The molecule has 0 saturated heterocycles. The van der Waals surface area contributed by atoms with E-state index in [4.69, 9.17) is 0 Å². The van der Waals surface area contributed by atoms with Gasteiger partial charge in [-0.2, -0.15) is 0 Å². The molecule has 4 aromatic rings. The number of aryl methyl sites for hydroxylation is 1. The van der Waals surface area contributed by atoms with Crippen molar-refractivity contribution < 1.29 is 4.79 Å². The Bertz CT molecular complexity index is 1340. The average molecular weight is 414 g/mol. The van der Waals surface area contributed by atoms with Crippen molar-refractivity contribution in [2.75, 3.05) is 0 Å². The highest BCUT2D eigenvalue weighted by Crippen LogP contribution is 2.07. The van der Waals surface area contributed by atoms with Crippen LogP contribution in [0.1, 0.15) is 16.7 Å². The number of benzene rings is 2. The van der Waals surface area contributed by atoms with Crippen LogP contribution in [0.2, 0.25) is 0 Å². The predicted octanol–water partition coefficient (Wildman–Crippen LogP) is 2.23. The van der Waals surface area contributed by atoms with Crippen LogP contribution >= 0.6 is 0 Å². The van der Waals surface area contributed by atoms with Gasteiger partial charge in [-0.15, -0.1) is 0 Å². The van der Waals surface area contributed by atoms with Crippen LogP contribution in [0.3, 0.4) is 0 Å². The molecule has 2 heterocycles. The second-order valence-corrected chi connectivity index (χ2v) is 7.38. The Labute approximate surface area is 178 Å². The van der Waals surface area contributed by atoms with Crippen LogP contribution in [0.15, 0.2) is 82.5 Å². The van der Waals surface area contributed by atoms with E-state index in [0.717, 1.165) is 21.3 Å². The van der Waals surface area contributed by atoms with E-state index in [-0.39, 0.29) is 24.5 Å². The smallest absolute Gasteiger partial charge is 0.332 e. The first-order chi connectivity index (χ1) is 15.0. The van der Waals surface area contributed by atoms with Gasteiger partial charge in [0.1, 0.15) is 6.54 Å². The van der Waals surface area contributed by atoms with E-state index in [9.17, 15) is 14.4 Å². The number of carbonyl (C=O) groups is 1. The van der Waals surface area contributed by atoms with Crippen molar-refractivity contribution in [1.82, 2.24) is 19.4 Å². The molecule has 0 aliphatic carbocycles. The molecule has 1 amide bonds. The molecule has 7 nitrogen and oxygen atoms in total. The maximum Gasteiger partial charge on any atom is 0.332 e. The molecule has 0 aliphatic heterocycles. The lowest BCUT2D eigenvalue weighted by Gasteiger charge is -2.14. The number of carbonyl (C=O) groups excluding carboxylic acids is 1. The molecule has 0 spiro atoms. The van der Waals surface area contributed by atoms with Gasteiger partial charge in [0.2, 0.25) is 5.91 Å². The van der Waals surface area contributed by atoms with Crippen molar-refractivity contribution in [3.63, 3.8) is 0 Å². The SMILES string of the molecule is Cc1ccc(CNC(=O)Cn2c(=O)n(Cc3ccccc3)c(=O)c3ncccc32)cc1. The number of nitrogens with one attached hydrogen (secondary N) is 1. The molecule has 1 N–H and O–H groups in total. The first-order valence-corrected chi connectivity index (χ1v) is 9.97. The Morgan fingerprint density at radius 1 is 0.903 bits per heavy atom. The molecule has 4 rings (SSSR count). The number of aromatic nitrogens is 3. The minimum Gasteiger partial charge on any atom is -0.350 e. The van der Waals surface area contributed by atoms with Crippen molar-refractivity contribution in [3.05, 3.63) is 110 Å². The normalized spacial score (nSPS) is 10.9. The fraction of sp³-hybridized carbons (Fsp3) is 0.167. The van der Waals surface area contributed by atoms with Gasteiger partial charge < -0.3 is 5.32 Å². The Kier molecular flexibility index (Phi) is 5.75. The Balaban J connectivity index is 1.66. The molecule has 7 heteroatoms. The van der Waals surface area contributed by atoms with Gasteiger partial charge in [-0.1, -0.05) is 60.2 Å². The van der Waals surface area contributed by atoms with Crippen LogP contribution in [0.25, 0.3) is 11.0 Å². The maximum atomic E-state index is 13.2. The summed E-state index contributed by atoms with van der Waals surface area (Å²) < 4.78 is 2.43. The van der Waals surface area contributed by atoms with Crippen LogP contribution in [-0.4, -0.2) is 20.0 Å². The van der Waals surface area contributed by atoms with Crippen molar-refractivity contribution in [2.45, 2.75) is 26.6 Å². The highest BCUT2D eigenvalue weighted by Gasteiger charge is 2.16. The third kappa shape index (κ3) is 4.45. The highest BCUT2D eigenvalue weighted by atomic mass is 16.2. The van der Waals surface area contributed by atoms with Crippen molar-refractivity contribution in [3.8, 4) is 0 Å². The zero-order valence-electron chi connectivity index (χ0n) is 17.1. The first-order valence-electron chi connectivity index (χ1n) is 9.97. The van der Waals surface area contributed by atoms with Gasteiger partial charge in [-0.05, 0) is 30.2 Å². The van der Waals surface area contributed by atoms with Gasteiger partial charge in [0.05, 0.1) is 12.1 Å². The minimum absolute atomic E-state index is 0.107. The number of amides is 1. The van der Waals surface area contributed by atoms with Gasteiger partial charge in [-0.25, -0.2) is 9.78 Å². The summed E-state index contributed by atoms with van der Waals surface area (Å²) in [6.07, 6.45) is 1.50. The van der Waals surface area contributed by atoms with Gasteiger partial charge in [-0.3, -0.25) is 18.7 Å². The van der Waals surface area contributed by atoms with Crippen molar-refractivity contribution in [1.29, 1.82) is 0 Å². The van der Waals surface area contributed by atoms with Crippen LogP contribution < -0.4 is 16.6 Å². The first kappa shape index (κ1) is 20.3. The topological polar surface area (TPSA) is 86.0 Å². The van der Waals surface area contributed by atoms with E-state index in [2.05, 4.69) is 10.3 Å². The summed E-state index contributed by atoms with van der Waals surface area (Å²) in [5.41, 5.74) is 2.40. The van der Waals surface area contributed by atoms with E-state index in [1.165, 1.54) is 10.8 Å². The zero-order chi connectivity index (χ0) is 21.8. The summed E-state index contributed by atoms with van der Waals surface area (Å²) >= 11 is 0. The molecule has 156 valence electrons. The minimum atomic E-state index is -0.542. The number of rotatable bonds is 6. The number of hydrogen-bond acceptors (Lipinski definition) is 4. The summed E-state index contributed by atoms with van der Waals surface area (Å²) in [6.45, 7) is 2.25. The van der Waals surface area contributed by atoms with Crippen molar-refractivity contribution >= 4 is 16.9 Å². The molecule has 2 aromatic heterocycles. The quantitative estimate of drug-likeness (QED) is 0.524. The number of nitrogens with zero attached hydrogens (tertiary/aromatic N) is 3. The summed E-state index contributed by atoms with van der Waals surface area (Å²) in [5, 5.41) is 2.84. The monoisotopic (exact) mass is 414 g/mol. The van der Waals surface area contributed by atoms with E-state index in [1.54, 1.807) is 12.1 Å². The molecule has 0 atom stereocenters. The molecule has 31 heavy (non-hydrogen) atoms. The predicted molar refractivity (Wildman–Crippen MR) is 119 cm³/mol. The molecule has 0 bridgehead atoms. The second kappa shape index (κ2) is 8.79. The summed E-state index contributed by atoms with van der Waals surface area (Å²) in [4.78, 5) is 42.9. The Morgan fingerprint density at radius 2 is 1.65 bits per heavy atom. The number of hydrogen-bond donors (Lipinski definition) is 1. The van der Waals surface area contributed by atoms with Gasteiger partial charge >= 0.3 is 5.69 Å². The zero-order valence-corrected chi connectivity index (χ0v) is 17.1. The maximum absolute atomic E-state index is 13.2. The van der Waals surface area contributed by atoms with E-state index in [0.29, 0.717) is 12.1 Å². The second-order valence-electron chi connectivity index (χ2n) is 7.38. The Hall–Kier alpha value is -4.00. The van der Waals surface area contributed by atoms with Crippen LogP contribution in [0.5, 0.6) is 0 Å². The lowest BCUT2D eigenvalue weighted by Crippen LogP contribution is -2.43. The lowest BCUT2D eigenvalue weighted by atomic mass is 10.1. The van der Waals surface area contributed by atoms with Gasteiger partial charge in [0.25, 0.3) is 5.56 Å². The summed E-state index contributed by atoms with van der Waals surface area (Å²) in [7, 11) is 0. The lowest BCUT2D eigenvalue weighted by molar-refractivity contribution is -0.121. The van der Waals surface area contributed by atoms with Gasteiger partial charge in [0, 0.05) is 12.7 Å². The standard InChI is InChI=1S/C24H22N4O3/c1-17-9-11-18(12-10-17)14-26-21(29)16-27-20-8-5-13-25-22(20)23(30)28(24(27)31)15-19-6-3-2-4-7-19/h2-13H,14-16H2,1H3,(H,26,29). The van der Waals surface area contributed by atoms with Gasteiger partial charge in [0.15, 0.2) is 5.52 Å². The molecular formula is C24H22N4O3. The van der Waals surface area contributed by atoms with Crippen LogP contribution in [0.4, 0.5) is 0 Å². The third-order valence-corrected chi connectivity index (χ3v) is 5.08. The molecule has 2 aromatic carbocycles.